The maximum atomic E-state index is 11.6. The molecule has 1 aromatic carbocycles. The first-order valence-corrected chi connectivity index (χ1v) is 11.7. The van der Waals surface area contributed by atoms with Gasteiger partial charge in [0.2, 0.25) is 0 Å². The lowest BCUT2D eigenvalue weighted by atomic mass is 9.48. The number of methoxy groups -OCH3 is 1. The third kappa shape index (κ3) is 2.48. The summed E-state index contributed by atoms with van der Waals surface area (Å²) in [5.74, 6) is 0.719. The number of nitrogens with zero attached hydrogens (tertiary/aromatic N) is 1. The molecule has 5 aliphatic rings. The molecule has 1 spiro atoms. The molecule has 1 saturated heterocycles. The number of rotatable bonds is 6. The molecule has 3 fully saturated rings. The molecule has 6 rings (SSSR count). The van der Waals surface area contributed by atoms with Crippen LogP contribution in [0.2, 0.25) is 0 Å². The van der Waals surface area contributed by atoms with Gasteiger partial charge in [0.1, 0.15) is 12.1 Å². The summed E-state index contributed by atoms with van der Waals surface area (Å²) in [4.78, 5) is 14.2. The Bertz CT molecular complexity index is 933. The maximum absolute atomic E-state index is 11.6. The fraction of sp³-hybridized carbons (Fsp3) is 0.708. The minimum Gasteiger partial charge on any atom is -0.504 e. The molecule has 7 nitrogen and oxygen atoms in total. The Hall–Kier alpha value is -1.83. The number of hydrogen-bond acceptors (Lipinski definition) is 6. The highest BCUT2D eigenvalue weighted by molar-refractivity contribution is 5.73. The van der Waals surface area contributed by atoms with E-state index >= 15 is 0 Å². The molecule has 0 aromatic heterocycles. The molecular formula is C24H32N2O5. The molecule has 2 saturated carbocycles. The number of ether oxygens (including phenoxy) is 2. The fourth-order valence-corrected chi connectivity index (χ4v) is 7.43. The largest absolute Gasteiger partial charge is 0.504 e. The SMILES string of the molecule is CO[C@@]12CC[C@@H](NC(C)C(=O)O)[C@@H]3Oc4c(O)ccc5c4[C@@]31CCN(CC1CC1)C2C5. The van der Waals surface area contributed by atoms with E-state index < -0.39 is 12.0 Å². The second kappa shape index (κ2) is 6.59. The van der Waals surface area contributed by atoms with Crippen LogP contribution in [0.25, 0.3) is 0 Å². The normalized spacial score (nSPS) is 39.0. The van der Waals surface area contributed by atoms with Crippen LogP contribution in [0.5, 0.6) is 11.5 Å². The third-order valence-electron chi connectivity index (χ3n) is 8.92. The van der Waals surface area contributed by atoms with Crippen molar-refractivity contribution < 1.29 is 24.5 Å². The van der Waals surface area contributed by atoms with Gasteiger partial charge in [-0.15, -0.1) is 0 Å². The molecule has 1 aromatic rings. The second-order valence-corrected chi connectivity index (χ2v) is 10.3. The van der Waals surface area contributed by atoms with Crippen molar-refractivity contribution in [1.29, 1.82) is 0 Å². The number of phenols is 1. The summed E-state index contributed by atoms with van der Waals surface area (Å²) >= 11 is 0. The van der Waals surface area contributed by atoms with Crippen molar-refractivity contribution in [3.63, 3.8) is 0 Å². The van der Waals surface area contributed by atoms with Crippen molar-refractivity contribution >= 4 is 5.97 Å². The average Bonchev–Trinajstić information content (AvgIpc) is 3.50. The van der Waals surface area contributed by atoms with Gasteiger partial charge in [0, 0.05) is 31.3 Å². The fourth-order valence-electron chi connectivity index (χ4n) is 7.43. The Balaban J connectivity index is 1.49. The van der Waals surface area contributed by atoms with Crippen LogP contribution >= 0.6 is 0 Å². The monoisotopic (exact) mass is 428 g/mol. The van der Waals surface area contributed by atoms with Gasteiger partial charge in [-0.2, -0.15) is 0 Å². The van der Waals surface area contributed by atoms with Crippen LogP contribution in [0.4, 0.5) is 0 Å². The molecule has 2 aliphatic heterocycles. The summed E-state index contributed by atoms with van der Waals surface area (Å²) in [6.07, 6.45) is 5.85. The first kappa shape index (κ1) is 19.8. The number of aliphatic carboxylic acids is 1. The van der Waals surface area contributed by atoms with Gasteiger partial charge in [0.05, 0.1) is 11.0 Å². The molecule has 2 heterocycles. The number of carbonyl (C=O) groups is 1. The predicted molar refractivity (Wildman–Crippen MR) is 114 cm³/mol. The molecule has 3 N–H and O–H groups in total. The Kier molecular flexibility index (Phi) is 4.22. The summed E-state index contributed by atoms with van der Waals surface area (Å²) in [5.41, 5.74) is 1.61. The molecule has 31 heavy (non-hydrogen) atoms. The molecule has 0 amide bonds. The van der Waals surface area contributed by atoms with Gasteiger partial charge >= 0.3 is 5.97 Å². The van der Waals surface area contributed by atoms with E-state index in [4.69, 9.17) is 9.47 Å². The number of aromatic hydroxyl groups is 1. The summed E-state index contributed by atoms with van der Waals surface area (Å²) in [6, 6.07) is 3.32. The number of phenolic OH excluding ortho intramolecular Hbond substituents is 1. The zero-order valence-corrected chi connectivity index (χ0v) is 18.3. The molecule has 3 aliphatic carbocycles. The van der Waals surface area contributed by atoms with Gasteiger partial charge in [-0.05, 0) is 69.5 Å². The maximum Gasteiger partial charge on any atom is 0.320 e. The minimum atomic E-state index is -0.860. The predicted octanol–water partition coefficient (Wildman–Crippen LogP) is 2.04. The Morgan fingerprint density at radius 3 is 2.87 bits per heavy atom. The van der Waals surface area contributed by atoms with E-state index in [1.807, 2.05) is 7.11 Å². The number of piperidine rings is 1. The van der Waals surface area contributed by atoms with Gasteiger partial charge in [0.25, 0.3) is 0 Å². The van der Waals surface area contributed by atoms with Crippen molar-refractivity contribution in [2.75, 3.05) is 20.2 Å². The first-order chi connectivity index (χ1) is 14.9. The smallest absolute Gasteiger partial charge is 0.320 e. The van der Waals surface area contributed by atoms with Crippen molar-refractivity contribution in [2.24, 2.45) is 5.92 Å². The first-order valence-electron chi connectivity index (χ1n) is 11.7. The molecule has 6 atom stereocenters. The molecule has 0 radical (unpaired) electrons. The molecule has 2 bridgehead atoms. The van der Waals surface area contributed by atoms with Crippen molar-refractivity contribution in [3.05, 3.63) is 23.3 Å². The van der Waals surface area contributed by atoms with Crippen LogP contribution in [-0.2, 0) is 21.4 Å². The van der Waals surface area contributed by atoms with Gasteiger partial charge in [-0.1, -0.05) is 6.07 Å². The Labute approximate surface area is 182 Å². The van der Waals surface area contributed by atoms with E-state index in [0.717, 1.165) is 50.3 Å². The summed E-state index contributed by atoms with van der Waals surface area (Å²) in [5, 5.41) is 23.5. The van der Waals surface area contributed by atoms with Crippen LogP contribution in [0.1, 0.15) is 50.2 Å². The summed E-state index contributed by atoms with van der Waals surface area (Å²) in [7, 11) is 1.84. The van der Waals surface area contributed by atoms with E-state index in [1.54, 1.807) is 13.0 Å². The number of nitrogens with one attached hydrogen (secondary N) is 1. The zero-order chi connectivity index (χ0) is 21.5. The average molecular weight is 429 g/mol. The summed E-state index contributed by atoms with van der Waals surface area (Å²) < 4.78 is 13.1. The number of likely N-dealkylation sites (tertiary alicyclic amines) is 1. The van der Waals surface area contributed by atoms with Crippen LogP contribution in [0.15, 0.2) is 12.1 Å². The number of hydrogen-bond donors (Lipinski definition) is 3. The van der Waals surface area contributed by atoms with Gasteiger partial charge in [0.15, 0.2) is 11.5 Å². The number of carboxylic acid groups (broad SMARTS) is 1. The number of carboxylic acids is 1. The third-order valence-corrected chi connectivity index (χ3v) is 8.92. The van der Waals surface area contributed by atoms with Crippen LogP contribution in [-0.4, -0.2) is 71.1 Å². The molecule has 2 unspecified atom stereocenters. The van der Waals surface area contributed by atoms with Crippen molar-refractivity contribution in [1.82, 2.24) is 10.2 Å². The van der Waals surface area contributed by atoms with Gasteiger partial charge in [-0.3, -0.25) is 15.0 Å². The highest BCUT2D eigenvalue weighted by atomic mass is 16.5. The second-order valence-electron chi connectivity index (χ2n) is 10.3. The standard InChI is InChI=1S/C24H32N2O5/c1-13(22(28)29)25-16-7-8-24(30-2)18-11-15-5-6-17(27)20-19(15)23(24,21(16)31-20)9-10-26(18)12-14-3-4-14/h5-6,13-14,16,18,21,25,27H,3-4,7-12H2,1-2H3,(H,28,29)/t13?,16-,18?,21+,23+,24-/m1/s1. The number of benzene rings is 1. The van der Waals surface area contributed by atoms with E-state index in [0.29, 0.717) is 5.75 Å². The minimum absolute atomic E-state index is 0.109. The van der Waals surface area contributed by atoms with Crippen LogP contribution in [0, 0.1) is 5.92 Å². The molecular weight excluding hydrogens is 396 g/mol. The zero-order valence-electron chi connectivity index (χ0n) is 18.3. The van der Waals surface area contributed by atoms with Crippen molar-refractivity contribution in [2.45, 2.75) is 80.7 Å². The quantitative estimate of drug-likeness (QED) is 0.639. The lowest BCUT2D eigenvalue weighted by molar-refractivity contribution is -0.208. The Morgan fingerprint density at radius 2 is 2.16 bits per heavy atom. The topological polar surface area (TPSA) is 91.3 Å². The highest BCUT2D eigenvalue weighted by Crippen LogP contribution is 2.66. The highest BCUT2D eigenvalue weighted by Gasteiger charge is 2.73. The van der Waals surface area contributed by atoms with E-state index in [1.165, 1.54) is 18.4 Å². The van der Waals surface area contributed by atoms with Gasteiger partial charge in [-0.25, -0.2) is 0 Å². The van der Waals surface area contributed by atoms with Gasteiger partial charge < -0.3 is 19.7 Å². The van der Waals surface area contributed by atoms with Crippen molar-refractivity contribution in [3.8, 4) is 11.5 Å². The van der Waals surface area contributed by atoms with E-state index in [9.17, 15) is 15.0 Å². The van der Waals surface area contributed by atoms with Crippen LogP contribution < -0.4 is 10.1 Å². The Morgan fingerprint density at radius 1 is 1.35 bits per heavy atom. The lowest BCUT2D eigenvalue weighted by Gasteiger charge is -2.65. The lowest BCUT2D eigenvalue weighted by Crippen LogP contribution is -2.79. The molecule has 7 heteroatoms. The van der Waals surface area contributed by atoms with E-state index in [-0.39, 0.29) is 35.0 Å². The molecule has 168 valence electrons. The van der Waals surface area contributed by atoms with Crippen LogP contribution in [0.3, 0.4) is 0 Å². The van der Waals surface area contributed by atoms with E-state index in [2.05, 4.69) is 16.3 Å². The summed E-state index contributed by atoms with van der Waals surface area (Å²) in [6.45, 7) is 3.81.